The number of aromatic amines is 1. The number of fused-ring (bicyclic) bond motifs is 1. The second kappa shape index (κ2) is 8.82. The fraction of sp³-hybridized carbons (Fsp3) is 0.208. The molecule has 0 bridgehead atoms. The number of hydrogen-bond acceptors (Lipinski definition) is 3. The highest BCUT2D eigenvalue weighted by Crippen LogP contribution is 2.25. The van der Waals surface area contributed by atoms with E-state index in [1.54, 1.807) is 18.3 Å². The van der Waals surface area contributed by atoms with Crippen LogP contribution in [0.2, 0.25) is 0 Å². The van der Waals surface area contributed by atoms with Crippen LogP contribution in [0.5, 0.6) is 0 Å². The molecule has 0 fully saturated rings. The molecule has 4 aromatic rings. The van der Waals surface area contributed by atoms with Crippen LogP contribution >= 0.6 is 0 Å². The van der Waals surface area contributed by atoms with Gasteiger partial charge in [-0.15, -0.1) is 0 Å². The standard InChI is InChI=1S/C24H21F3N4O/c1-16-6-8-17(9-7-16)22-20(13-28-15-30-22)23(32)31(14-24(25,26)27)11-10-18-12-29-21-5-3-2-4-19(18)21/h2-9,12-13,15,29H,10-11,14H2,1H3. The lowest BCUT2D eigenvalue weighted by molar-refractivity contribution is -0.140. The number of benzene rings is 2. The van der Waals surface area contributed by atoms with Gasteiger partial charge in [0.05, 0.1) is 11.3 Å². The Morgan fingerprint density at radius 3 is 2.59 bits per heavy atom. The molecule has 0 spiro atoms. The van der Waals surface area contributed by atoms with Gasteiger partial charge >= 0.3 is 6.18 Å². The van der Waals surface area contributed by atoms with E-state index >= 15 is 0 Å². The molecule has 0 radical (unpaired) electrons. The molecule has 5 nitrogen and oxygen atoms in total. The molecule has 1 amide bonds. The number of alkyl halides is 3. The highest BCUT2D eigenvalue weighted by Gasteiger charge is 2.34. The van der Waals surface area contributed by atoms with E-state index in [2.05, 4.69) is 15.0 Å². The van der Waals surface area contributed by atoms with Crippen molar-refractivity contribution in [2.24, 2.45) is 0 Å². The van der Waals surface area contributed by atoms with Crippen LogP contribution in [-0.2, 0) is 6.42 Å². The van der Waals surface area contributed by atoms with Crippen LogP contribution in [-0.4, -0.2) is 45.0 Å². The third-order valence-corrected chi connectivity index (χ3v) is 5.25. The van der Waals surface area contributed by atoms with Crippen LogP contribution in [0.25, 0.3) is 22.2 Å². The minimum absolute atomic E-state index is 0.0412. The van der Waals surface area contributed by atoms with Gasteiger partial charge in [-0.3, -0.25) is 4.79 Å². The van der Waals surface area contributed by atoms with Crippen LogP contribution in [0.4, 0.5) is 13.2 Å². The number of hydrogen-bond donors (Lipinski definition) is 1. The Morgan fingerprint density at radius 1 is 1.09 bits per heavy atom. The molecule has 32 heavy (non-hydrogen) atoms. The number of nitrogens with one attached hydrogen (secondary N) is 1. The van der Waals surface area contributed by atoms with E-state index in [4.69, 9.17) is 0 Å². The van der Waals surface area contributed by atoms with Crippen LogP contribution in [0.15, 0.2) is 67.3 Å². The lowest BCUT2D eigenvalue weighted by atomic mass is 10.0. The summed E-state index contributed by atoms with van der Waals surface area (Å²) in [4.78, 5) is 25.3. The Morgan fingerprint density at radius 2 is 1.84 bits per heavy atom. The molecule has 8 heteroatoms. The fourth-order valence-corrected chi connectivity index (χ4v) is 3.66. The van der Waals surface area contributed by atoms with E-state index in [1.165, 1.54) is 12.5 Å². The molecule has 1 N–H and O–H groups in total. The Labute approximate surface area is 182 Å². The zero-order valence-electron chi connectivity index (χ0n) is 17.4. The van der Waals surface area contributed by atoms with Crippen LogP contribution in [0, 0.1) is 6.92 Å². The zero-order valence-corrected chi connectivity index (χ0v) is 17.4. The summed E-state index contributed by atoms with van der Waals surface area (Å²) in [7, 11) is 0. The van der Waals surface area contributed by atoms with Gasteiger partial charge in [-0.05, 0) is 25.0 Å². The first-order valence-corrected chi connectivity index (χ1v) is 10.1. The molecule has 2 aromatic carbocycles. The predicted octanol–water partition coefficient (Wildman–Crippen LogP) is 5.18. The Bertz CT molecular complexity index is 1230. The van der Waals surface area contributed by atoms with Gasteiger partial charge in [0.2, 0.25) is 0 Å². The third kappa shape index (κ3) is 4.80. The summed E-state index contributed by atoms with van der Waals surface area (Å²) in [6.07, 6.45) is 0.0742. The molecule has 0 unspecified atom stereocenters. The normalized spacial score (nSPS) is 11.6. The van der Waals surface area contributed by atoms with E-state index in [1.807, 2.05) is 43.3 Å². The van der Waals surface area contributed by atoms with E-state index in [-0.39, 0.29) is 18.5 Å². The second-order valence-electron chi connectivity index (χ2n) is 7.60. The first-order chi connectivity index (χ1) is 15.3. The molecule has 2 aromatic heterocycles. The van der Waals surface area contributed by atoms with Crippen molar-refractivity contribution in [3.8, 4) is 11.3 Å². The molecule has 2 heterocycles. The molecule has 0 atom stereocenters. The lowest BCUT2D eigenvalue weighted by Gasteiger charge is -2.24. The van der Waals surface area contributed by atoms with Crippen molar-refractivity contribution in [1.82, 2.24) is 19.9 Å². The third-order valence-electron chi connectivity index (χ3n) is 5.25. The van der Waals surface area contributed by atoms with Gasteiger partial charge in [-0.1, -0.05) is 48.0 Å². The van der Waals surface area contributed by atoms with Gasteiger partial charge < -0.3 is 9.88 Å². The van der Waals surface area contributed by atoms with E-state index < -0.39 is 18.6 Å². The maximum atomic E-state index is 13.3. The Kier molecular flexibility index (Phi) is 5.94. The van der Waals surface area contributed by atoms with Crippen LogP contribution in [0.3, 0.4) is 0 Å². The van der Waals surface area contributed by atoms with E-state index in [0.717, 1.165) is 26.9 Å². The maximum Gasteiger partial charge on any atom is 0.406 e. The van der Waals surface area contributed by atoms with E-state index in [0.29, 0.717) is 11.3 Å². The predicted molar refractivity (Wildman–Crippen MR) is 116 cm³/mol. The molecule has 0 saturated heterocycles. The monoisotopic (exact) mass is 438 g/mol. The topological polar surface area (TPSA) is 61.9 Å². The SMILES string of the molecule is Cc1ccc(-c2ncncc2C(=O)N(CCc2c[nH]c3ccccc23)CC(F)(F)F)cc1. The van der Waals surface area contributed by atoms with Crippen molar-refractivity contribution < 1.29 is 18.0 Å². The molecular weight excluding hydrogens is 417 g/mol. The number of carbonyl (C=O) groups excluding carboxylic acids is 1. The van der Waals surface area contributed by atoms with Crippen LogP contribution < -0.4 is 0 Å². The smallest absolute Gasteiger partial charge is 0.361 e. The molecular formula is C24H21F3N4O. The van der Waals surface area contributed by atoms with Crippen molar-refractivity contribution in [3.63, 3.8) is 0 Å². The summed E-state index contributed by atoms with van der Waals surface area (Å²) in [5.41, 5.74) is 3.76. The number of carbonyl (C=O) groups is 1. The average molecular weight is 438 g/mol. The highest BCUT2D eigenvalue weighted by atomic mass is 19.4. The van der Waals surface area contributed by atoms with Crippen molar-refractivity contribution in [1.29, 1.82) is 0 Å². The summed E-state index contributed by atoms with van der Waals surface area (Å²) in [5.74, 6) is -0.752. The number of halogens is 3. The molecule has 0 aliphatic carbocycles. The number of para-hydroxylation sites is 1. The molecule has 0 saturated carbocycles. The molecule has 0 aliphatic rings. The largest absolute Gasteiger partial charge is 0.406 e. The van der Waals surface area contributed by atoms with Crippen molar-refractivity contribution in [3.05, 3.63) is 83.9 Å². The fourth-order valence-electron chi connectivity index (χ4n) is 3.66. The van der Waals surface area contributed by atoms with Crippen LogP contribution in [0.1, 0.15) is 21.5 Å². The first kappa shape index (κ1) is 21.5. The van der Waals surface area contributed by atoms with Gasteiger partial charge in [0.1, 0.15) is 12.9 Å². The number of nitrogens with zero attached hydrogens (tertiary/aromatic N) is 3. The van der Waals surface area contributed by atoms with Crippen molar-refractivity contribution >= 4 is 16.8 Å². The van der Waals surface area contributed by atoms with Gasteiger partial charge in [-0.2, -0.15) is 13.2 Å². The van der Waals surface area contributed by atoms with Gasteiger partial charge in [0, 0.05) is 35.4 Å². The second-order valence-corrected chi connectivity index (χ2v) is 7.60. The Hall–Kier alpha value is -3.68. The van der Waals surface area contributed by atoms with Crippen molar-refractivity contribution in [2.45, 2.75) is 19.5 Å². The zero-order chi connectivity index (χ0) is 22.7. The maximum absolute atomic E-state index is 13.3. The number of aromatic nitrogens is 3. The average Bonchev–Trinajstić information content (AvgIpc) is 3.19. The van der Waals surface area contributed by atoms with E-state index in [9.17, 15) is 18.0 Å². The van der Waals surface area contributed by atoms with Gasteiger partial charge in [0.25, 0.3) is 5.91 Å². The molecule has 164 valence electrons. The minimum atomic E-state index is -4.53. The summed E-state index contributed by atoms with van der Waals surface area (Å²) >= 11 is 0. The summed E-state index contributed by atoms with van der Waals surface area (Å²) in [6, 6.07) is 14.8. The van der Waals surface area contributed by atoms with Gasteiger partial charge in [-0.25, -0.2) is 9.97 Å². The quantitative estimate of drug-likeness (QED) is 0.451. The highest BCUT2D eigenvalue weighted by molar-refractivity contribution is 5.99. The lowest BCUT2D eigenvalue weighted by Crippen LogP contribution is -2.40. The van der Waals surface area contributed by atoms with Crippen molar-refractivity contribution in [2.75, 3.05) is 13.1 Å². The minimum Gasteiger partial charge on any atom is -0.361 e. The molecule has 0 aliphatic heterocycles. The number of amides is 1. The summed E-state index contributed by atoms with van der Waals surface area (Å²) in [6.45, 7) is 0.477. The first-order valence-electron chi connectivity index (χ1n) is 10.1. The summed E-state index contributed by atoms with van der Waals surface area (Å²) < 4.78 is 40.0. The molecule has 4 rings (SSSR count). The Balaban J connectivity index is 1.63. The summed E-state index contributed by atoms with van der Waals surface area (Å²) in [5, 5.41) is 0.926. The number of H-pyrrole nitrogens is 1. The number of rotatable bonds is 6. The number of aryl methyl sites for hydroxylation is 1. The van der Waals surface area contributed by atoms with Gasteiger partial charge in [0.15, 0.2) is 0 Å².